The first-order chi connectivity index (χ1) is 11.1. The van der Waals surface area contributed by atoms with Gasteiger partial charge in [0.15, 0.2) is 0 Å². The van der Waals surface area contributed by atoms with Gasteiger partial charge in [0.1, 0.15) is 5.82 Å². The van der Waals surface area contributed by atoms with Crippen LogP contribution >= 0.6 is 0 Å². The summed E-state index contributed by atoms with van der Waals surface area (Å²) in [5.41, 5.74) is 7.46. The molecule has 0 atom stereocenters. The zero-order chi connectivity index (χ0) is 16.2. The molecule has 0 saturated heterocycles. The lowest BCUT2D eigenvalue weighted by atomic mass is 10.1. The summed E-state index contributed by atoms with van der Waals surface area (Å²) in [6.45, 7) is 2.63. The molecule has 116 valence electrons. The van der Waals surface area contributed by atoms with E-state index in [0.29, 0.717) is 18.1 Å². The van der Waals surface area contributed by atoms with Gasteiger partial charge in [-0.2, -0.15) is 4.98 Å². The minimum atomic E-state index is -0.473. The minimum absolute atomic E-state index is 0.433. The van der Waals surface area contributed by atoms with Gasteiger partial charge in [-0.15, -0.1) is 0 Å². The molecule has 0 spiro atoms. The van der Waals surface area contributed by atoms with Gasteiger partial charge >= 0.3 is 0 Å². The summed E-state index contributed by atoms with van der Waals surface area (Å²) in [5, 5.41) is 3.13. The number of aromatic nitrogens is 2. The van der Waals surface area contributed by atoms with E-state index in [2.05, 4.69) is 20.3 Å². The van der Waals surface area contributed by atoms with Crippen LogP contribution in [0.1, 0.15) is 15.9 Å². The van der Waals surface area contributed by atoms with Crippen molar-refractivity contribution in [1.29, 1.82) is 0 Å². The van der Waals surface area contributed by atoms with E-state index in [-0.39, 0.29) is 0 Å². The number of rotatable bonds is 4. The average molecular weight is 308 g/mol. The van der Waals surface area contributed by atoms with Gasteiger partial charge in [0, 0.05) is 30.2 Å². The van der Waals surface area contributed by atoms with Crippen LogP contribution in [-0.4, -0.2) is 28.8 Å². The fourth-order valence-corrected chi connectivity index (χ4v) is 2.14. The molecule has 3 rings (SSSR count). The van der Waals surface area contributed by atoms with Gasteiger partial charge in [-0.05, 0) is 36.8 Å². The molecule has 1 aliphatic rings. The largest absolute Gasteiger partial charge is 0.366 e. The van der Waals surface area contributed by atoms with Crippen molar-refractivity contribution in [3.05, 3.63) is 53.9 Å². The minimum Gasteiger partial charge on any atom is -0.366 e. The van der Waals surface area contributed by atoms with E-state index in [1.165, 1.54) is 0 Å². The van der Waals surface area contributed by atoms with Crippen LogP contribution in [0.5, 0.6) is 0 Å². The molecule has 1 aliphatic heterocycles. The Hall–Kier alpha value is -3.22. The fraction of sp³-hybridized carbons (Fsp3) is 0.125. The number of carbonyl (C=O) groups excluding carboxylic acids is 1. The third-order valence-electron chi connectivity index (χ3n) is 3.40. The molecule has 7 nitrogen and oxygen atoms in total. The van der Waals surface area contributed by atoms with Gasteiger partial charge in [0.25, 0.3) is 0 Å². The van der Waals surface area contributed by atoms with Gasteiger partial charge in [0.2, 0.25) is 11.9 Å². The summed E-state index contributed by atoms with van der Waals surface area (Å²) < 4.78 is 0. The standard InChI is InChI=1S/C16H16N6O/c1-11-3-4-12(15(17)23)9-13(11)20-16-19-7-5-14(21-16)22-8-2-6-18-10-22/h2-7,9-10H,8H2,1H3,(H2,17,23)(H,19,20,21). The second-order valence-corrected chi connectivity index (χ2v) is 5.06. The summed E-state index contributed by atoms with van der Waals surface area (Å²) in [7, 11) is 0. The third kappa shape index (κ3) is 3.34. The maximum absolute atomic E-state index is 11.3. The Balaban J connectivity index is 1.86. The lowest BCUT2D eigenvalue weighted by Gasteiger charge is -2.18. The van der Waals surface area contributed by atoms with Crippen LogP contribution in [0.15, 0.2) is 47.7 Å². The van der Waals surface area contributed by atoms with Gasteiger partial charge < -0.3 is 16.0 Å². The van der Waals surface area contributed by atoms with Crippen LogP contribution in [0.2, 0.25) is 0 Å². The highest BCUT2D eigenvalue weighted by Crippen LogP contribution is 2.21. The second kappa shape index (κ2) is 6.27. The summed E-state index contributed by atoms with van der Waals surface area (Å²) in [4.78, 5) is 26.0. The summed E-state index contributed by atoms with van der Waals surface area (Å²) in [6.07, 6.45) is 7.07. The molecule has 2 heterocycles. The molecule has 1 aromatic heterocycles. The molecule has 0 fully saturated rings. The lowest BCUT2D eigenvalue weighted by molar-refractivity contribution is 0.100. The number of nitrogens with zero attached hydrogens (tertiary/aromatic N) is 4. The number of anilines is 3. The highest BCUT2D eigenvalue weighted by molar-refractivity contribution is 5.94. The number of nitrogens with one attached hydrogen (secondary N) is 1. The maximum Gasteiger partial charge on any atom is 0.248 e. The van der Waals surface area contributed by atoms with Crippen LogP contribution in [0.3, 0.4) is 0 Å². The number of aryl methyl sites for hydroxylation is 1. The van der Waals surface area contributed by atoms with E-state index in [4.69, 9.17) is 5.73 Å². The fourth-order valence-electron chi connectivity index (χ4n) is 2.14. The van der Waals surface area contributed by atoms with E-state index < -0.39 is 5.91 Å². The Labute approximate surface area is 133 Å². The van der Waals surface area contributed by atoms with Crippen molar-refractivity contribution in [3.63, 3.8) is 0 Å². The van der Waals surface area contributed by atoms with E-state index in [1.807, 2.05) is 30.0 Å². The molecule has 0 radical (unpaired) electrons. The first-order valence-corrected chi connectivity index (χ1v) is 7.09. The number of aliphatic imine (C=N–C) groups is 1. The Bertz CT molecular complexity index is 799. The summed E-state index contributed by atoms with van der Waals surface area (Å²) in [6, 6.07) is 7.02. The lowest BCUT2D eigenvalue weighted by Crippen LogP contribution is -2.24. The second-order valence-electron chi connectivity index (χ2n) is 5.06. The van der Waals surface area contributed by atoms with Crippen molar-refractivity contribution in [2.45, 2.75) is 6.92 Å². The summed E-state index contributed by atoms with van der Waals surface area (Å²) in [5.74, 6) is 0.702. The Morgan fingerprint density at radius 3 is 2.96 bits per heavy atom. The Morgan fingerprint density at radius 1 is 1.35 bits per heavy atom. The van der Waals surface area contributed by atoms with Crippen LogP contribution < -0.4 is 16.0 Å². The molecule has 3 N–H and O–H groups in total. The van der Waals surface area contributed by atoms with Gasteiger partial charge in [-0.1, -0.05) is 6.07 Å². The molecule has 0 saturated carbocycles. The van der Waals surface area contributed by atoms with E-state index >= 15 is 0 Å². The Kier molecular flexibility index (Phi) is 4.01. The van der Waals surface area contributed by atoms with Crippen molar-refractivity contribution in [3.8, 4) is 0 Å². The summed E-state index contributed by atoms with van der Waals surface area (Å²) >= 11 is 0. The first kappa shape index (κ1) is 14.7. The Morgan fingerprint density at radius 2 is 2.22 bits per heavy atom. The van der Waals surface area contributed by atoms with Crippen LogP contribution in [-0.2, 0) is 0 Å². The van der Waals surface area contributed by atoms with Crippen LogP contribution in [0.25, 0.3) is 0 Å². The zero-order valence-electron chi connectivity index (χ0n) is 12.6. The quantitative estimate of drug-likeness (QED) is 0.900. The van der Waals surface area contributed by atoms with E-state index in [1.54, 1.807) is 30.9 Å². The van der Waals surface area contributed by atoms with Crippen molar-refractivity contribution in [1.82, 2.24) is 9.97 Å². The predicted octanol–water partition coefficient (Wildman–Crippen LogP) is 1.99. The van der Waals surface area contributed by atoms with E-state index in [0.717, 1.165) is 17.1 Å². The molecule has 0 aliphatic carbocycles. The van der Waals surface area contributed by atoms with Crippen molar-refractivity contribution < 1.29 is 4.79 Å². The van der Waals surface area contributed by atoms with Gasteiger partial charge in [-0.3, -0.25) is 4.79 Å². The van der Waals surface area contributed by atoms with Crippen LogP contribution in [0.4, 0.5) is 17.5 Å². The SMILES string of the molecule is Cc1ccc(C(N)=O)cc1Nc1nccc(N2C=NC=CC2)n1. The normalized spacial score (nSPS) is 13.2. The monoisotopic (exact) mass is 308 g/mol. The highest BCUT2D eigenvalue weighted by Gasteiger charge is 2.09. The number of benzene rings is 1. The molecule has 7 heteroatoms. The van der Waals surface area contributed by atoms with Crippen molar-refractivity contribution >= 4 is 29.7 Å². The number of hydrogen-bond donors (Lipinski definition) is 2. The van der Waals surface area contributed by atoms with Gasteiger partial charge in [0.05, 0.1) is 6.34 Å². The number of primary amides is 1. The molecule has 1 amide bonds. The molecule has 0 bridgehead atoms. The average Bonchev–Trinajstić information content (AvgIpc) is 2.58. The molecule has 0 unspecified atom stereocenters. The van der Waals surface area contributed by atoms with Gasteiger partial charge in [-0.25, -0.2) is 9.98 Å². The topological polar surface area (TPSA) is 96.5 Å². The number of hydrogen-bond acceptors (Lipinski definition) is 6. The highest BCUT2D eigenvalue weighted by atomic mass is 16.1. The molecular formula is C16H16N6O. The predicted molar refractivity (Wildman–Crippen MR) is 90.0 cm³/mol. The zero-order valence-corrected chi connectivity index (χ0v) is 12.6. The molecule has 23 heavy (non-hydrogen) atoms. The molecular weight excluding hydrogens is 292 g/mol. The number of amides is 1. The number of carbonyl (C=O) groups is 1. The van der Waals surface area contributed by atoms with E-state index in [9.17, 15) is 4.79 Å². The maximum atomic E-state index is 11.3. The molecule has 2 aromatic rings. The first-order valence-electron chi connectivity index (χ1n) is 7.09. The van der Waals surface area contributed by atoms with Crippen molar-refractivity contribution in [2.75, 3.05) is 16.8 Å². The number of nitrogens with two attached hydrogens (primary N) is 1. The van der Waals surface area contributed by atoms with Crippen molar-refractivity contribution in [2.24, 2.45) is 10.7 Å². The third-order valence-corrected chi connectivity index (χ3v) is 3.40. The smallest absolute Gasteiger partial charge is 0.248 e. The molecule has 1 aromatic carbocycles. The van der Waals surface area contributed by atoms with Crippen LogP contribution in [0, 0.1) is 6.92 Å².